The van der Waals surface area contributed by atoms with Crippen molar-refractivity contribution in [2.24, 2.45) is 0 Å². The number of nitrogens with zero attached hydrogens (tertiary/aromatic N) is 2. The first-order valence-electron chi connectivity index (χ1n) is 9.81. The van der Waals surface area contributed by atoms with Gasteiger partial charge in [-0.15, -0.1) is 0 Å². The largest absolute Gasteiger partial charge is 0.501 e. The third kappa shape index (κ3) is 5.86. The Bertz CT molecular complexity index is 1430. The molecule has 0 fully saturated rings. The molecule has 8 nitrogen and oxygen atoms in total. The van der Waals surface area contributed by atoms with Crippen molar-refractivity contribution < 1.29 is 54.2 Å². The van der Waals surface area contributed by atoms with E-state index in [1.807, 2.05) is 5.32 Å². The molecule has 0 spiro atoms. The number of aliphatic hydroxyl groups is 2. The lowest BCUT2D eigenvalue weighted by Crippen LogP contribution is -2.23. The minimum absolute atomic E-state index is 0.334. The van der Waals surface area contributed by atoms with Crippen molar-refractivity contribution in [2.75, 3.05) is 11.9 Å². The summed E-state index contributed by atoms with van der Waals surface area (Å²) in [7, 11) is -5.68. The fourth-order valence-corrected chi connectivity index (χ4v) is 3.72. The summed E-state index contributed by atoms with van der Waals surface area (Å²) >= 11 is 0. The molecule has 37 heavy (non-hydrogen) atoms. The van der Waals surface area contributed by atoms with E-state index in [9.17, 15) is 49.1 Å². The number of aromatic nitrogens is 2. The summed E-state index contributed by atoms with van der Waals surface area (Å²) in [6.45, 7) is -0.891. The van der Waals surface area contributed by atoms with E-state index in [1.165, 1.54) is 0 Å². The van der Waals surface area contributed by atoms with E-state index in [2.05, 4.69) is 9.97 Å². The number of alkyl halides is 6. The number of sulfone groups is 1. The number of pyridine rings is 2. The van der Waals surface area contributed by atoms with Crippen LogP contribution in [-0.2, 0) is 16.0 Å². The van der Waals surface area contributed by atoms with Crippen LogP contribution in [0.5, 0.6) is 0 Å². The summed E-state index contributed by atoms with van der Waals surface area (Å²) in [6, 6.07) is 4.15. The monoisotopic (exact) mass is 553 g/mol. The molecule has 0 saturated carbocycles. The second-order valence-corrected chi connectivity index (χ2v) is 9.27. The van der Waals surface area contributed by atoms with E-state index in [0.29, 0.717) is 30.6 Å². The number of halogens is 7. The van der Waals surface area contributed by atoms with Gasteiger partial charge < -0.3 is 15.5 Å². The van der Waals surface area contributed by atoms with Gasteiger partial charge in [0.1, 0.15) is 17.7 Å². The summed E-state index contributed by atoms with van der Waals surface area (Å²) in [5, 5.41) is 20.5. The normalized spacial score (nSPS) is 13.3. The number of rotatable bonds is 6. The quantitative estimate of drug-likeness (QED) is 0.395. The van der Waals surface area contributed by atoms with Gasteiger partial charge in [-0.25, -0.2) is 17.8 Å². The van der Waals surface area contributed by atoms with Crippen LogP contribution in [0.4, 0.5) is 36.6 Å². The maximum Gasteiger partial charge on any atom is 0.501 e. The fraction of sp³-hybridized carbons (Fsp3) is 0.190. The number of amides is 1. The van der Waals surface area contributed by atoms with Gasteiger partial charge in [-0.3, -0.25) is 9.78 Å². The average molecular weight is 553 g/mol. The Labute approximate surface area is 203 Å². The van der Waals surface area contributed by atoms with Crippen molar-refractivity contribution in [2.45, 2.75) is 22.7 Å². The highest BCUT2D eigenvalue weighted by Crippen LogP contribution is 2.38. The smallest absolute Gasteiger partial charge is 0.393 e. The molecule has 198 valence electrons. The van der Waals surface area contributed by atoms with Gasteiger partial charge in [0.2, 0.25) is 0 Å². The lowest BCUT2D eigenvalue weighted by atomic mass is 9.98. The highest BCUT2D eigenvalue weighted by molar-refractivity contribution is 7.92. The molecule has 0 unspecified atom stereocenters. The standard InChI is InChI=1S/C21H14F7N3O5S/c22-15-5-10(13-8-29-16(17(33)9-32)6-14(13)20(23,24)25)1-3-12(15)19(34)31-18-4-2-11(7-30-18)37(35,36)21(26,27)28/h1-8,17,32-33H,9H2,(H,30,31,34)/t17-/m0/s1. The highest BCUT2D eigenvalue weighted by atomic mass is 32.2. The van der Waals surface area contributed by atoms with Crippen LogP contribution >= 0.6 is 0 Å². The van der Waals surface area contributed by atoms with E-state index in [4.69, 9.17) is 5.11 Å². The number of anilines is 1. The molecule has 1 atom stereocenters. The Morgan fingerprint density at radius 1 is 1.00 bits per heavy atom. The van der Waals surface area contributed by atoms with Crippen LogP contribution in [0.15, 0.2) is 53.7 Å². The van der Waals surface area contributed by atoms with Gasteiger partial charge in [-0.05, 0) is 35.9 Å². The van der Waals surface area contributed by atoms with Crippen molar-refractivity contribution in [1.29, 1.82) is 0 Å². The van der Waals surface area contributed by atoms with Crippen LogP contribution in [0.3, 0.4) is 0 Å². The van der Waals surface area contributed by atoms with E-state index >= 15 is 0 Å². The number of carbonyl (C=O) groups excluding carboxylic acids is 1. The molecular formula is C21H14F7N3O5S. The number of benzene rings is 1. The van der Waals surface area contributed by atoms with Crippen LogP contribution in [0.1, 0.15) is 27.7 Å². The van der Waals surface area contributed by atoms with Crippen molar-refractivity contribution in [3.8, 4) is 11.1 Å². The molecule has 1 amide bonds. The van der Waals surface area contributed by atoms with Crippen molar-refractivity contribution in [3.05, 3.63) is 71.4 Å². The fourth-order valence-electron chi connectivity index (χ4n) is 3.01. The van der Waals surface area contributed by atoms with Crippen LogP contribution in [0.2, 0.25) is 0 Å². The molecule has 3 aromatic rings. The van der Waals surface area contributed by atoms with Crippen LogP contribution < -0.4 is 5.32 Å². The molecule has 3 rings (SSSR count). The molecule has 0 bridgehead atoms. The Hall–Kier alpha value is -3.63. The molecule has 0 saturated heterocycles. The van der Waals surface area contributed by atoms with E-state index in [0.717, 1.165) is 18.2 Å². The first-order chi connectivity index (χ1) is 17.1. The minimum Gasteiger partial charge on any atom is -0.393 e. The minimum atomic E-state index is -5.68. The Kier molecular flexibility index (Phi) is 7.57. The molecule has 16 heteroatoms. The Morgan fingerprint density at radius 3 is 2.19 bits per heavy atom. The summed E-state index contributed by atoms with van der Waals surface area (Å²) in [5.74, 6) is -2.89. The molecule has 0 radical (unpaired) electrons. The zero-order valence-corrected chi connectivity index (χ0v) is 18.8. The van der Waals surface area contributed by atoms with Gasteiger partial charge in [0.15, 0.2) is 0 Å². The molecule has 2 aromatic heterocycles. The zero-order chi connectivity index (χ0) is 27.8. The lowest BCUT2D eigenvalue weighted by Gasteiger charge is -2.16. The van der Waals surface area contributed by atoms with Gasteiger partial charge in [-0.2, -0.15) is 26.3 Å². The number of nitrogens with one attached hydrogen (secondary N) is 1. The first kappa shape index (κ1) is 27.9. The maximum absolute atomic E-state index is 14.7. The Balaban J connectivity index is 1.88. The third-order valence-electron chi connectivity index (χ3n) is 4.86. The van der Waals surface area contributed by atoms with Crippen LogP contribution in [0.25, 0.3) is 11.1 Å². The molecule has 3 N–H and O–H groups in total. The predicted octanol–water partition coefficient (Wildman–Crippen LogP) is 3.87. The topological polar surface area (TPSA) is 129 Å². The molecule has 0 aliphatic rings. The van der Waals surface area contributed by atoms with Gasteiger partial charge in [0, 0.05) is 18.0 Å². The first-order valence-corrected chi connectivity index (χ1v) is 11.3. The number of aliphatic hydroxyl groups excluding tert-OH is 2. The SMILES string of the molecule is O=C(Nc1ccc(S(=O)(=O)C(F)(F)F)cn1)c1ccc(-c2cnc([C@@H](O)CO)cc2C(F)(F)F)cc1F. The van der Waals surface area contributed by atoms with Crippen molar-refractivity contribution >= 4 is 21.6 Å². The summed E-state index contributed by atoms with van der Waals surface area (Å²) in [5.41, 5.74) is -8.94. The van der Waals surface area contributed by atoms with Crippen molar-refractivity contribution in [1.82, 2.24) is 9.97 Å². The second-order valence-electron chi connectivity index (χ2n) is 7.33. The summed E-state index contributed by atoms with van der Waals surface area (Å²) in [4.78, 5) is 18.2. The number of carbonyl (C=O) groups is 1. The van der Waals surface area contributed by atoms with Gasteiger partial charge in [0.25, 0.3) is 15.7 Å². The average Bonchev–Trinajstić information content (AvgIpc) is 2.82. The van der Waals surface area contributed by atoms with Gasteiger partial charge >= 0.3 is 11.7 Å². The second kappa shape index (κ2) is 10.0. The number of hydrogen-bond acceptors (Lipinski definition) is 7. The van der Waals surface area contributed by atoms with Crippen molar-refractivity contribution in [3.63, 3.8) is 0 Å². The zero-order valence-electron chi connectivity index (χ0n) is 18.0. The molecule has 0 aliphatic carbocycles. The highest BCUT2D eigenvalue weighted by Gasteiger charge is 2.47. The van der Waals surface area contributed by atoms with Crippen LogP contribution in [0, 0.1) is 5.82 Å². The van der Waals surface area contributed by atoms with E-state index < -0.39 is 79.1 Å². The molecule has 2 heterocycles. The summed E-state index contributed by atoms with van der Waals surface area (Å²) < 4.78 is 116. The van der Waals surface area contributed by atoms with Crippen LogP contribution in [-0.4, -0.2) is 46.6 Å². The Morgan fingerprint density at radius 2 is 1.68 bits per heavy atom. The molecule has 0 aliphatic heterocycles. The summed E-state index contributed by atoms with van der Waals surface area (Å²) in [6.07, 6.45) is -5.59. The van der Waals surface area contributed by atoms with Gasteiger partial charge in [-0.1, -0.05) is 6.07 Å². The predicted molar refractivity (Wildman–Crippen MR) is 112 cm³/mol. The molecule has 1 aromatic carbocycles. The molecular weight excluding hydrogens is 539 g/mol. The van der Waals surface area contributed by atoms with E-state index in [1.54, 1.807) is 0 Å². The van der Waals surface area contributed by atoms with Gasteiger partial charge in [0.05, 0.1) is 28.3 Å². The lowest BCUT2D eigenvalue weighted by molar-refractivity contribution is -0.137. The maximum atomic E-state index is 14.7. The number of hydrogen-bond donors (Lipinski definition) is 3. The van der Waals surface area contributed by atoms with E-state index in [-0.39, 0.29) is 5.56 Å². The third-order valence-corrected chi connectivity index (χ3v) is 6.33.